The molecule has 8 heteroatoms. The van der Waals surface area contributed by atoms with E-state index in [1.54, 1.807) is 0 Å². The van der Waals surface area contributed by atoms with E-state index in [1.807, 2.05) is 24.3 Å². The molecule has 0 unspecified atom stereocenters. The number of halogens is 1. The van der Waals surface area contributed by atoms with E-state index in [1.165, 1.54) is 11.8 Å². The molecule has 0 atom stereocenters. The molecule has 0 amide bonds. The van der Waals surface area contributed by atoms with Crippen molar-refractivity contribution in [1.82, 2.24) is 15.0 Å². The molecule has 7 nitrogen and oxygen atoms in total. The van der Waals surface area contributed by atoms with Crippen molar-refractivity contribution in [3.05, 3.63) is 40.1 Å². The highest BCUT2D eigenvalue weighted by atomic mass is 79.9. The topological polar surface area (TPSA) is 86.5 Å². The smallest absolute Gasteiger partial charge is 0.358 e. The molecular weight excluding hydrogens is 342 g/mol. The van der Waals surface area contributed by atoms with Gasteiger partial charge in [0.2, 0.25) is 0 Å². The predicted molar refractivity (Wildman–Crippen MR) is 77.3 cm³/mol. The van der Waals surface area contributed by atoms with Crippen LogP contribution in [0.5, 0.6) is 5.75 Å². The molecule has 0 aliphatic carbocycles. The summed E-state index contributed by atoms with van der Waals surface area (Å²) in [6.45, 7) is 0.854. The molecule has 0 saturated carbocycles. The van der Waals surface area contributed by atoms with E-state index >= 15 is 0 Å². The van der Waals surface area contributed by atoms with Crippen LogP contribution in [0.1, 0.15) is 16.2 Å². The van der Waals surface area contributed by atoms with Gasteiger partial charge in [0.05, 0.1) is 18.8 Å². The third-order valence-electron chi connectivity index (χ3n) is 2.69. The van der Waals surface area contributed by atoms with E-state index in [0.717, 1.165) is 10.2 Å². The Hall–Kier alpha value is -1.93. The van der Waals surface area contributed by atoms with Gasteiger partial charge in [0.1, 0.15) is 12.4 Å². The SMILES string of the molecule is COCc1c(C(=O)O)nnn1CCOc1cccc(Br)c1. The lowest BCUT2D eigenvalue weighted by Gasteiger charge is -2.08. The summed E-state index contributed by atoms with van der Waals surface area (Å²) >= 11 is 3.36. The molecule has 0 radical (unpaired) electrons. The second kappa shape index (κ2) is 7.19. The van der Waals surface area contributed by atoms with Crippen molar-refractivity contribution in [3.8, 4) is 5.75 Å². The number of methoxy groups -OCH3 is 1. The Kier molecular flexibility index (Phi) is 5.29. The third kappa shape index (κ3) is 4.02. The van der Waals surface area contributed by atoms with Gasteiger partial charge in [-0.15, -0.1) is 5.10 Å². The third-order valence-corrected chi connectivity index (χ3v) is 3.18. The number of hydrogen-bond acceptors (Lipinski definition) is 5. The number of rotatable bonds is 7. The number of carboxylic acid groups (broad SMARTS) is 1. The molecule has 0 saturated heterocycles. The van der Waals surface area contributed by atoms with Crippen LogP contribution in [0, 0.1) is 0 Å². The van der Waals surface area contributed by atoms with Crippen LogP contribution in [0.15, 0.2) is 28.7 Å². The Balaban J connectivity index is 2.01. The van der Waals surface area contributed by atoms with E-state index < -0.39 is 5.97 Å². The van der Waals surface area contributed by atoms with Crippen LogP contribution < -0.4 is 4.74 Å². The zero-order valence-electron chi connectivity index (χ0n) is 11.3. The second-order valence-electron chi connectivity index (χ2n) is 4.15. The van der Waals surface area contributed by atoms with Crippen molar-refractivity contribution in [2.45, 2.75) is 13.2 Å². The van der Waals surface area contributed by atoms with Gasteiger partial charge in [0.25, 0.3) is 0 Å². The minimum Gasteiger partial charge on any atom is -0.492 e. The van der Waals surface area contributed by atoms with Crippen LogP contribution in [0.4, 0.5) is 0 Å². The summed E-state index contributed by atoms with van der Waals surface area (Å²) in [7, 11) is 1.49. The van der Waals surface area contributed by atoms with Crippen LogP contribution >= 0.6 is 15.9 Å². The maximum atomic E-state index is 11.0. The number of carbonyl (C=O) groups is 1. The van der Waals surface area contributed by atoms with Gasteiger partial charge in [0, 0.05) is 11.6 Å². The van der Waals surface area contributed by atoms with Crippen LogP contribution in [-0.4, -0.2) is 39.8 Å². The molecule has 0 aliphatic rings. The fourth-order valence-corrected chi connectivity index (χ4v) is 2.14. The lowest BCUT2D eigenvalue weighted by molar-refractivity contribution is 0.0684. The minimum atomic E-state index is -1.12. The van der Waals surface area contributed by atoms with Gasteiger partial charge in [0.15, 0.2) is 5.69 Å². The number of nitrogens with zero attached hydrogens (tertiary/aromatic N) is 3. The molecule has 0 fully saturated rings. The summed E-state index contributed by atoms with van der Waals surface area (Å²) in [6.07, 6.45) is 0. The molecule has 21 heavy (non-hydrogen) atoms. The van der Waals surface area contributed by atoms with Gasteiger partial charge in [-0.05, 0) is 18.2 Å². The summed E-state index contributed by atoms with van der Waals surface area (Å²) in [5, 5.41) is 16.5. The first kappa shape index (κ1) is 15.5. The fraction of sp³-hybridized carbons (Fsp3) is 0.308. The normalized spacial score (nSPS) is 10.6. The van der Waals surface area contributed by atoms with Crippen molar-refractivity contribution in [1.29, 1.82) is 0 Å². The molecule has 0 spiro atoms. The number of ether oxygens (including phenoxy) is 2. The van der Waals surface area contributed by atoms with E-state index in [4.69, 9.17) is 14.6 Å². The highest BCUT2D eigenvalue weighted by Gasteiger charge is 2.18. The molecule has 2 aromatic rings. The molecular formula is C13H14BrN3O4. The Morgan fingerprint density at radius 1 is 1.48 bits per heavy atom. The summed E-state index contributed by atoms with van der Waals surface area (Å²) in [5.41, 5.74) is 0.321. The molecule has 112 valence electrons. The fourth-order valence-electron chi connectivity index (χ4n) is 1.76. The van der Waals surface area contributed by atoms with E-state index in [-0.39, 0.29) is 12.3 Å². The van der Waals surface area contributed by atoms with Crippen LogP contribution in [0.25, 0.3) is 0 Å². The maximum absolute atomic E-state index is 11.0. The Bertz CT molecular complexity index is 630. The Labute approximate surface area is 129 Å². The van der Waals surface area contributed by atoms with Gasteiger partial charge >= 0.3 is 5.97 Å². The standard InChI is InChI=1S/C13H14BrN3O4/c1-20-8-11-12(13(18)19)15-16-17(11)5-6-21-10-4-2-3-9(14)7-10/h2-4,7H,5-6,8H2,1H3,(H,18,19). The molecule has 1 heterocycles. The van der Waals surface area contributed by atoms with Gasteiger partial charge < -0.3 is 14.6 Å². The number of carboxylic acids is 1. The number of aromatic nitrogens is 3. The van der Waals surface area contributed by atoms with Gasteiger partial charge in [-0.1, -0.05) is 27.2 Å². The van der Waals surface area contributed by atoms with Crippen LogP contribution in [-0.2, 0) is 17.9 Å². The molecule has 2 rings (SSSR count). The van der Waals surface area contributed by atoms with Crippen LogP contribution in [0.3, 0.4) is 0 Å². The molecule has 1 aromatic carbocycles. The summed E-state index contributed by atoms with van der Waals surface area (Å²) < 4.78 is 13.0. The van der Waals surface area contributed by atoms with Crippen LogP contribution in [0.2, 0.25) is 0 Å². The Morgan fingerprint density at radius 3 is 2.95 bits per heavy atom. The molecule has 1 N–H and O–H groups in total. The van der Waals surface area contributed by atoms with E-state index in [0.29, 0.717) is 18.8 Å². The number of benzene rings is 1. The largest absolute Gasteiger partial charge is 0.492 e. The van der Waals surface area contributed by atoms with Crippen molar-refractivity contribution < 1.29 is 19.4 Å². The van der Waals surface area contributed by atoms with E-state index in [9.17, 15) is 4.79 Å². The summed E-state index contributed by atoms with van der Waals surface area (Å²) in [5.74, 6) is -0.405. The first-order valence-electron chi connectivity index (χ1n) is 6.14. The van der Waals surface area contributed by atoms with Crippen molar-refractivity contribution in [3.63, 3.8) is 0 Å². The zero-order chi connectivity index (χ0) is 15.2. The average molecular weight is 356 g/mol. The first-order chi connectivity index (χ1) is 10.1. The number of aromatic carboxylic acids is 1. The summed E-state index contributed by atoms with van der Waals surface area (Å²) in [6, 6.07) is 7.46. The Morgan fingerprint density at radius 2 is 2.29 bits per heavy atom. The summed E-state index contributed by atoms with van der Waals surface area (Å²) in [4.78, 5) is 11.0. The minimum absolute atomic E-state index is 0.0979. The van der Waals surface area contributed by atoms with Gasteiger partial charge in [-0.25, -0.2) is 9.48 Å². The monoisotopic (exact) mass is 355 g/mol. The average Bonchev–Trinajstić information content (AvgIpc) is 2.83. The van der Waals surface area contributed by atoms with Gasteiger partial charge in [-0.3, -0.25) is 0 Å². The van der Waals surface area contributed by atoms with Crippen molar-refractivity contribution >= 4 is 21.9 Å². The second-order valence-corrected chi connectivity index (χ2v) is 5.07. The molecule has 0 aliphatic heterocycles. The first-order valence-corrected chi connectivity index (χ1v) is 6.94. The highest BCUT2D eigenvalue weighted by molar-refractivity contribution is 9.10. The lowest BCUT2D eigenvalue weighted by Crippen LogP contribution is -2.14. The molecule has 1 aromatic heterocycles. The predicted octanol–water partition coefficient (Wildman–Crippen LogP) is 1.96. The highest BCUT2D eigenvalue weighted by Crippen LogP contribution is 2.17. The maximum Gasteiger partial charge on any atom is 0.358 e. The number of hydrogen-bond donors (Lipinski definition) is 1. The van der Waals surface area contributed by atoms with Gasteiger partial charge in [-0.2, -0.15) is 0 Å². The molecule has 0 bridgehead atoms. The van der Waals surface area contributed by atoms with Crippen molar-refractivity contribution in [2.75, 3.05) is 13.7 Å². The quantitative estimate of drug-likeness (QED) is 0.816. The van der Waals surface area contributed by atoms with E-state index in [2.05, 4.69) is 26.2 Å². The zero-order valence-corrected chi connectivity index (χ0v) is 12.9. The van der Waals surface area contributed by atoms with Crippen molar-refractivity contribution in [2.24, 2.45) is 0 Å². The lowest BCUT2D eigenvalue weighted by atomic mass is 10.3.